The summed E-state index contributed by atoms with van der Waals surface area (Å²) in [5, 5.41) is 1.74. The molecule has 0 aliphatic carbocycles. The molecule has 1 unspecified atom stereocenters. The summed E-state index contributed by atoms with van der Waals surface area (Å²) < 4.78 is 30.6. The Morgan fingerprint density at radius 1 is 1.22 bits per heavy atom. The number of primary amides is 1. The van der Waals surface area contributed by atoms with Gasteiger partial charge in [0.2, 0.25) is 10.0 Å². The first kappa shape index (κ1) is 18.6. The summed E-state index contributed by atoms with van der Waals surface area (Å²) in [6.45, 7) is 2.36. The van der Waals surface area contributed by atoms with Gasteiger partial charge < -0.3 is 10.5 Å². The zero-order valence-corrected chi connectivity index (χ0v) is 13.3. The third-order valence-electron chi connectivity index (χ3n) is 2.66. The van der Waals surface area contributed by atoms with Crippen molar-refractivity contribution in [3.05, 3.63) is 29.8 Å². The Kier molecular flexibility index (Phi) is 6.22. The first-order valence-electron chi connectivity index (χ1n) is 6.48. The molecule has 3 amide bonds. The summed E-state index contributed by atoms with van der Waals surface area (Å²) in [5.74, 6) is -1.89. The number of amides is 3. The Morgan fingerprint density at radius 3 is 2.30 bits per heavy atom. The molecule has 1 rings (SSSR count). The Morgan fingerprint density at radius 2 is 1.78 bits per heavy atom. The summed E-state index contributed by atoms with van der Waals surface area (Å²) in [5.41, 5.74) is 5.64. The molecule has 9 nitrogen and oxygen atoms in total. The normalized spacial score (nSPS) is 12.3. The maximum atomic E-state index is 12.0. The lowest BCUT2D eigenvalue weighted by Gasteiger charge is -2.12. The minimum Gasteiger partial charge on any atom is -0.452 e. The highest BCUT2D eigenvalue weighted by molar-refractivity contribution is 7.89. The van der Waals surface area contributed by atoms with Gasteiger partial charge in [-0.2, -0.15) is 4.72 Å². The van der Waals surface area contributed by atoms with E-state index in [0.717, 1.165) is 5.56 Å². The van der Waals surface area contributed by atoms with Crippen molar-refractivity contribution >= 4 is 27.9 Å². The lowest BCUT2D eigenvalue weighted by Crippen LogP contribution is -2.43. The van der Waals surface area contributed by atoms with E-state index in [-0.39, 0.29) is 4.90 Å². The van der Waals surface area contributed by atoms with Crippen molar-refractivity contribution < 1.29 is 27.5 Å². The number of esters is 1. The van der Waals surface area contributed by atoms with Gasteiger partial charge in [-0.3, -0.25) is 14.9 Å². The van der Waals surface area contributed by atoms with Crippen LogP contribution in [0.3, 0.4) is 0 Å². The summed E-state index contributed by atoms with van der Waals surface area (Å²) in [6, 6.07) is 4.93. The van der Waals surface area contributed by atoms with Crippen LogP contribution >= 0.6 is 0 Å². The van der Waals surface area contributed by atoms with Gasteiger partial charge in [0, 0.05) is 0 Å². The molecule has 1 atom stereocenters. The fourth-order valence-electron chi connectivity index (χ4n) is 1.47. The molecular formula is C13H17N3O6S. The van der Waals surface area contributed by atoms with Crippen molar-refractivity contribution in [2.45, 2.75) is 24.8 Å². The van der Waals surface area contributed by atoms with Crippen LogP contribution in [0.15, 0.2) is 29.2 Å². The largest absolute Gasteiger partial charge is 0.452 e. The Balaban J connectivity index is 2.57. The smallest absolute Gasteiger partial charge is 0.321 e. The molecule has 10 heteroatoms. The number of aryl methyl sites for hydroxylation is 1. The van der Waals surface area contributed by atoms with Gasteiger partial charge in [0.05, 0.1) is 4.90 Å². The van der Waals surface area contributed by atoms with Crippen molar-refractivity contribution in [2.75, 3.05) is 6.54 Å². The molecule has 0 aliphatic heterocycles. The Bertz CT molecular complexity index is 699. The van der Waals surface area contributed by atoms with Crippen LogP contribution in [0.25, 0.3) is 0 Å². The molecule has 1 aromatic carbocycles. The van der Waals surface area contributed by atoms with Gasteiger partial charge in [-0.15, -0.1) is 0 Å². The molecular weight excluding hydrogens is 326 g/mol. The van der Waals surface area contributed by atoms with E-state index in [1.807, 2.05) is 0 Å². The molecule has 0 heterocycles. The van der Waals surface area contributed by atoms with Crippen LogP contribution in [0.1, 0.15) is 12.5 Å². The van der Waals surface area contributed by atoms with Crippen LogP contribution in [-0.4, -0.2) is 39.0 Å². The standard InChI is InChI=1S/C13H17N3O6S/c1-8-3-5-10(6-4-8)23(20,21)15-7-11(17)22-9(2)12(18)16-13(14)19/h3-6,9,15H,7H2,1-2H3,(H3,14,16,18,19). The van der Waals surface area contributed by atoms with Gasteiger partial charge in [0.1, 0.15) is 6.54 Å². The molecule has 0 bridgehead atoms. The number of hydrogen-bond donors (Lipinski definition) is 3. The fourth-order valence-corrected chi connectivity index (χ4v) is 2.44. The number of rotatable bonds is 6. The molecule has 0 saturated carbocycles. The van der Waals surface area contributed by atoms with Gasteiger partial charge >= 0.3 is 12.0 Å². The molecule has 0 radical (unpaired) electrons. The highest BCUT2D eigenvalue weighted by Gasteiger charge is 2.21. The predicted molar refractivity (Wildman–Crippen MR) is 79.6 cm³/mol. The number of imide groups is 1. The maximum Gasteiger partial charge on any atom is 0.321 e. The quantitative estimate of drug-likeness (QED) is 0.588. The summed E-state index contributed by atoms with van der Waals surface area (Å²) >= 11 is 0. The van der Waals surface area contributed by atoms with E-state index in [0.29, 0.717) is 0 Å². The first-order chi connectivity index (χ1) is 10.6. The number of nitrogens with two attached hydrogens (primary N) is 1. The van der Waals surface area contributed by atoms with Crippen LogP contribution < -0.4 is 15.8 Å². The zero-order chi connectivity index (χ0) is 17.6. The second-order valence-electron chi connectivity index (χ2n) is 4.62. The van der Waals surface area contributed by atoms with E-state index in [9.17, 15) is 22.8 Å². The molecule has 0 spiro atoms. The Hall–Kier alpha value is -2.46. The Labute approximate surface area is 133 Å². The van der Waals surface area contributed by atoms with Gasteiger partial charge in [-0.1, -0.05) is 17.7 Å². The van der Waals surface area contributed by atoms with Crippen LogP contribution in [-0.2, 0) is 24.3 Å². The minimum absolute atomic E-state index is 0.00424. The fraction of sp³-hybridized carbons (Fsp3) is 0.308. The van der Waals surface area contributed by atoms with Crippen molar-refractivity contribution in [3.63, 3.8) is 0 Å². The molecule has 0 aromatic heterocycles. The SMILES string of the molecule is Cc1ccc(S(=O)(=O)NCC(=O)OC(C)C(=O)NC(N)=O)cc1. The lowest BCUT2D eigenvalue weighted by atomic mass is 10.2. The number of sulfonamides is 1. The van der Waals surface area contributed by atoms with Crippen LogP contribution in [0.4, 0.5) is 4.79 Å². The summed E-state index contributed by atoms with van der Waals surface area (Å²) in [7, 11) is -3.87. The van der Waals surface area contributed by atoms with E-state index in [1.165, 1.54) is 19.1 Å². The number of benzene rings is 1. The second-order valence-corrected chi connectivity index (χ2v) is 6.39. The zero-order valence-electron chi connectivity index (χ0n) is 12.5. The highest BCUT2D eigenvalue weighted by atomic mass is 32.2. The topological polar surface area (TPSA) is 145 Å². The lowest BCUT2D eigenvalue weighted by molar-refractivity contribution is -0.153. The van der Waals surface area contributed by atoms with Gasteiger partial charge in [-0.05, 0) is 26.0 Å². The average Bonchev–Trinajstić information content (AvgIpc) is 2.45. The monoisotopic (exact) mass is 343 g/mol. The van der Waals surface area contributed by atoms with Crippen molar-refractivity contribution in [1.82, 2.24) is 10.0 Å². The van der Waals surface area contributed by atoms with Gasteiger partial charge in [0.15, 0.2) is 6.10 Å². The molecule has 23 heavy (non-hydrogen) atoms. The van der Waals surface area contributed by atoms with Crippen LogP contribution in [0.5, 0.6) is 0 Å². The molecule has 0 saturated heterocycles. The summed E-state index contributed by atoms with van der Waals surface area (Å²) in [6.07, 6.45) is -1.29. The number of urea groups is 1. The summed E-state index contributed by atoms with van der Waals surface area (Å²) in [4.78, 5) is 33.3. The molecule has 4 N–H and O–H groups in total. The van der Waals surface area contributed by atoms with E-state index in [1.54, 1.807) is 24.4 Å². The van der Waals surface area contributed by atoms with Crippen molar-refractivity contribution in [2.24, 2.45) is 5.73 Å². The third-order valence-corrected chi connectivity index (χ3v) is 4.08. The number of ether oxygens (including phenoxy) is 1. The van der Waals surface area contributed by atoms with Gasteiger partial charge in [0.25, 0.3) is 5.91 Å². The highest BCUT2D eigenvalue weighted by Crippen LogP contribution is 2.09. The molecule has 1 aromatic rings. The number of carbonyl (C=O) groups excluding carboxylic acids is 3. The third kappa shape index (κ3) is 6.04. The van der Waals surface area contributed by atoms with Gasteiger partial charge in [-0.25, -0.2) is 13.2 Å². The second kappa shape index (κ2) is 7.70. The van der Waals surface area contributed by atoms with Crippen molar-refractivity contribution in [3.8, 4) is 0 Å². The van der Waals surface area contributed by atoms with Crippen molar-refractivity contribution in [1.29, 1.82) is 0 Å². The molecule has 0 fully saturated rings. The molecule has 0 aliphatic rings. The minimum atomic E-state index is -3.87. The number of nitrogens with one attached hydrogen (secondary N) is 2. The molecule has 126 valence electrons. The first-order valence-corrected chi connectivity index (χ1v) is 7.96. The predicted octanol–water partition coefficient (Wildman–Crippen LogP) is -0.600. The van der Waals surface area contributed by atoms with E-state index >= 15 is 0 Å². The van der Waals surface area contributed by atoms with E-state index in [4.69, 9.17) is 5.73 Å². The van der Waals surface area contributed by atoms with E-state index < -0.39 is 40.6 Å². The number of carbonyl (C=O) groups is 3. The number of hydrogen-bond acceptors (Lipinski definition) is 6. The van der Waals surface area contributed by atoms with E-state index in [2.05, 4.69) is 9.46 Å². The average molecular weight is 343 g/mol. The van der Waals surface area contributed by atoms with Crippen LogP contribution in [0.2, 0.25) is 0 Å². The van der Waals surface area contributed by atoms with Crippen LogP contribution in [0, 0.1) is 6.92 Å². The maximum absolute atomic E-state index is 12.0.